The van der Waals surface area contributed by atoms with E-state index in [0.29, 0.717) is 35.0 Å². The zero-order valence-electron chi connectivity index (χ0n) is 20.0. The number of hydrogen-bond acceptors (Lipinski definition) is 7. The summed E-state index contributed by atoms with van der Waals surface area (Å²) in [4.78, 5) is 32.1. The lowest BCUT2D eigenvalue weighted by molar-refractivity contribution is -0.140. The molecule has 36 heavy (non-hydrogen) atoms. The van der Waals surface area contributed by atoms with Crippen molar-refractivity contribution in [3.8, 4) is 17.2 Å². The second-order valence-electron chi connectivity index (χ2n) is 8.00. The minimum absolute atomic E-state index is 0.0461. The Labute approximate surface area is 209 Å². The van der Waals surface area contributed by atoms with Gasteiger partial charge in [0, 0.05) is 30.1 Å². The number of likely N-dealkylation sites (tertiary alicyclic amines) is 1. The number of amides is 1. The number of hydrogen-bond donors (Lipinski definition) is 1. The van der Waals surface area contributed by atoms with Crippen molar-refractivity contribution in [2.75, 3.05) is 20.8 Å². The first-order valence-corrected chi connectivity index (χ1v) is 11.2. The van der Waals surface area contributed by atoms with Crippen LogP contribution in [0.15, 0.2) is 85.2 Å². The first kappa shape index (κ1) is 24.5. The molecule has 1 N–H and O–H groups in total. The van der Waals surface area contributed by atoms with Gasteiger partial charge in [0.2, 0.25) is 0 Å². The third-order valence-corrected chi connectivity index (χ3v) is 5.84. The number of methoxy groups -OCH3 is 2. The van der Waals surface area contributed by atoms with Crippen LogP contribution in [-0.4, -0.2) is 47.5 Å². The molecule has 1 aliphatic heterocycles. The molecule has 0 bridgehead atoms. The van der Waals surface area contributed by atoms with E-state index in [-0.39, 0.29) is 17.9 Å². The fourth-order valence-corrected chi connectivity index (χ4v) is 4.20. The maximum Gasteiger partial charge on any atom is 0.295 e. The number of nitrogens with zero attached hydrogens (tertiary/aromatic N) is 2. The van der Waals surface area contributed by atoms with E-state index in [9.17, 15) is 14.7 Å². The molecule has 8 nitrogen and oxygen atoms in total. The third-order valence-electron chi connectivity index (χ3n) is 5.84. The minimum atomic E-state index is -0.924. The molecule has 1 aliphatic rings. The second kappa shape index (κ2) is 10.8. The summed E-state index contributed by atoms with van der Waals surface area (Å²) in [6.45, 7) is 4.06. The predicted molar refractivity (Wildman–Crippen MR) is 134 cm³/mol. The van der Waals surface area contributed by atoms with Crippen LogP contribution >= 0.6 is 0 Å². The minimum Gasteiger partial charge on any atom is -0.507 e. The lowest BCUT2D eigenvalue weighted by Gasteiger charge is -2.27. The molecule has 1 fully saturated rings. The van der Waals surface area contributed by atoms with Gasteiger partial charge in [-0.1, -0.05) is 30.9 Å². The molecule has 1 saturated heterocycles. The lowest BCUT2D eigenvalue weighted by atomic mass is 9.94. The predicted octanol–water partition coefficient (Wildman–Crippen LogP) is 4.29. The van der Waals surface area contributed by atoms with Gasteiger partial charge in [0.25, 0.3) is 11.7 Å². The highest BCUT2D eigenvalue weighted by Gasteiger charge is 2.47. The highest BCUT2D eigenvalue weighted by Crippen LogP contribution is 2.46. The van der Waals surface area contributed by atoms with Gasteiger partial charge < -0.3 is 24.2 Å². The Balaban J connectivity index is 1.87. The lowest BCUT2D eigenvalue weighted by Crippen LogP contribution is -2.29. The Morgan fingerprint density at radius 3 is 2.50 bits per heavy atom. The molecule has 0 aliphatic carbocycles. The largest absolute Gasteiger partial charge is 0.507 e. The van der Waals surface area contributed by atoms with E-state index in [1.54, 1.807) is 67.0 Å². The molecule has 4 rings (SSSR count). The van der Waals surface area contributed by atoms with E-state index < -0.39 is 17.7 Å². The van der Waals surface area contributed by atoms with Gasteiger partial charge >= 0.3 is 0 Å². The van der Waals surface area contributed by atoms with Crippen LogP contribution in [0.25, 0.3) is 5.76 Å². The summed E-state index contributed by atoms with van der Waals surface area (Å²) >= 11 is 0. The van der Waals surface area contributed by atoms with Gasteiger partial charge in [-0.2, -0.15) is 0 Å². The summed E-state index contributed by atoms with van der Waals surface area (Å²) in [6.07, 6.45) is 4.88. The Morgan fingerprint density at radius 1 is 1.08 bits per heavy atom. The van der Waals surface area contributed by atoms with Crippen molar-refractivity contribution >= 4 is 17.4 Å². The number of pyridine rings is 1. The van der Waals surface area contributed by atoms with Crippen LogP contribution in [0.3, 0.4) is 0 Å². The maximum atomic E-state index is 13.3. The fraction of sp³-hybridized carbons (Fsp3) is 0.179. The van der Waals surface area contributed by atoms with Crippen molar-refractivity contribution in [2.24, 2.45) is 0 Å². The van der Waals surface area contributed by atoms with Crippen LogP contribution in [0.1, 0.15) is 22.7 Å². The number of aliphatic hydroxyl groups is 1. The van der Waals surface area contributed by atoms with Crippen LogP contribution in [0.5, 0.6) is 17.2 Å². The SMILES string of the molecule is C=CCOc1ccc(C(O)=C2C(=O)C(=O)N(Cc3cccnc3)[C@@H]2c2cccc(OC)c2OC)cc1. The number of ketones is 1. The molecule has 2 heterocycles. The zero-order chi connectivity index (χ0) is 25.7. The van der Waals surface area contributed by atoms with Gasteiger partial charge in [0.15, 0.2) is 11.5 Å². The summed E-state index contributed by atoms with van der Waals surface area (Å²) in [5.74, 6) is -0.450. The number of aromatic nitrogens is 1. The van der Waals surface area contributed by atoms with Crippen molar-refractivity contribution < 1.29 is 28.9 Å². The van der Waals surface area contributed by atoms with Crippen molar-refractivity contribution in [1.82, 2.24) is 9.88 Å². The quantitative estimate of drug-likeness (QED) is 0.209. The van der Waals surface area contributed by atoms with Gasteiger partial charge in [-0.3, -0.25) is 14.6 Å². The summed E-state index contributed by atoms with van der Waals surface area (Å²) < 4.78 is 16.6. The summed E-state index contributed by atoms with van der Waals surface area (Å²) in [5.41, 5.74) is 1.56. The average molecular weight is 487 g/mol. The zero-order valence-corrected chi connectivity index (χ0v) is 20.0. The first-order valence-electron chi connectivity index (χ1n) is 11.2. The van der Waals surface area contributed by atoms with Crippen LogP contribution in [0.2, 0.25) is 0 Å². The van der Waals surface area contributed by atoms with Crippen LogP contribution in [-0.2, 0) is 16.1 Å². The highest BCUT2D eigenvalue weighted by molar-refractivity contribution is 6.46. The van der Waals surface area contributed by atoms with Gasteiger partial charge in [0.05, 0.1) is 25.8 Å². The van der Waals surface area contributed by atoms with Crippen molar-refractivity contribution in [3.63, 3.8) is 0 Å². The van der Waals surface area contributed by atoms with Crippen molar-refractivity contribution in [2.45, 2.75) is 12.6 Å². The highest BCUT2D eigenvalue weighted by atomic mass is 16.5. The molecule has 1 atom stereocenters. The summed E-state index contributed by atoms with van der Waals surface area (Å²) in [5, 5.41) is 11.3. The van der Waals surface area contributed by atoms with Gasteiger partial charge in [-0.25, -0.2) is 0 Å². The molecular formula is C28H26N2O6. The first-order chi connectivity index (χ1) is 17.5. The Hall–Kier alpha value is -4.59. The number of para-hydroxylation sites is 1. The van der Waals surface area contributed by atoms with E-state index in [1.165, 1.54) is 19.1 Å². The Bertz CT molecular complexity index is 1300. The molecule has 1 amide bonds. The molecule has 0 spiro atoms. The normalized spacial score (nSPS) is 16.6. The standard InChI is InChI=1S/C28H26N2O6/c1-4-15-36-20-12-10-19(11-13-20)25(31)23-24(21-8-5-9-22(34-2)27(21)35-3)30(28(33)26(23)32)17-18-7-6-14-29-16-18/h4-14,16,24,31H,1,15,17H2,2-3H3/t24-/m1/s1. The second-order valence-corrected chi connectivity index (χ2v) is 8.00. The maximum absolute atomic E-state index is 13.3. The number of ether oxygens (including phenoxy) is 3. The Morgan fingerprint density at radius 2 is 1.86 bits per heavy atom. The molecular weight excluding hydrogens is 460 g/mol. The third kappa shape index (κ3) is 4.65. The summed E-state index contributed by atoms with van der Waals surface area (Å²) in [7, 11) is 2.99. The molecule has 0 radical (unpaired) electrons. The van der Waals surface area contributed by atoms with Crippen LogP contribution in [0.4, 0.5) is 0 Å². The van der Waals surface area contributed by atoms with Gasteiger partial charge in [0.1, 0.15) is 18.1 Å². The van der Waals surface area contributed by atoms with Gasteiger partial charge in [-0.15, -0.1) is 0 Å². The molecule has 8 heteroatoms. The van der Waals surface area contributed by atoms with Crippen LogP contribution in [0, 0.1) is 0 Å². The van der Waals surface area contributed by atoms with E-state index in [1.807, 2.05) is 6.07 Å². The van der Waals surface area contributed by atoms with E-state index in [4.69, 9.17) is 14.2 Å². The average Bonchev–Trinajstić information content (AvgIpc) is 3.16. The number of aliphatic hydroxyl groups excluding tert-OH is 1. The van der Waals surface area contributed by atoms with Crippen molar-refractivity contribution in [1.29, 1.82) is 0 Å². The van der Waals surface area contributed by atoms with E-state index in [0.717, 1.165) is 5.56 Å². The number of carbonyl (C=O) groups excluding carboxylic acids is 2. The molecule has 184 valence electrons. The topological polar surface area (TPSA) is 98.2 Å². The van der Waals surface area contributed by atoms with Crippen molar-refractivity contribution in [3.05, 3.63) is 102 Å². The van der Waals surface area contributed by atoms with E-state index >= 15 is 0 Å². The number of rotatable bonds is 9. The monoisotopic (exact) mass is 486 g/mol. The number of benzene rings is 2. The number of Topliss-reactive ketones (excluding diaryl/α,β-unsaturated/α-hetero) is 1. The summed E-state index contributed by atoms with van der Waals surface area (Å²) in [6, 6.07) is 14.4. The molecule has 2 aromatic carbocycles. The van der Waals surface area contributed by atoms with E-state index in [2.05, 4.69) is 11.6 Å². The van der Waals surface area contributed by atoms with Gasteiger partial charge in [-0.05, 0) is 42.0 Å². The molecule has 0 unspecified atom stereocenters. The Kier molecular flexibility index (Phi) is 7.34. The van der Waals surface area contributed by atoms with Crippen LogP contribution < -0.4 is 14.2 Å². The molecule has 3 aromatic rings. The molecule has 0 saturated carbocycles. The number of carbonyl (C=O) groups is 2. The fourth-order valence-electron chi connectivity index (χ4n) is 4.20. The smallest absolute Gasteiger partial charge is 0.295 e. The molecule has 1 aromatic heterocycles.